The molecule has 1 aliphatic carbocycles. The van der Waals surface area contributed by atoms with Gasteiger partial charge >= 0.3 is 12.2 Å². The molecule has 1 saturated heterocycles. The largest absolute Gasteiger partial charge is 0.453 e. The van der Waals surface area contributed by atoms with Gasteiger partial charge in [0.25, 0.3) is 5.91 Å². The fraction of sp³-hybridized carbons (Fsp3) is 0.381. The van der Waals surface area contributed by atoms with Gasteiger partial charge in [-0.25, -0.2) is 28.0 Å². The Morgan fingerprint density at radius 2 is 1.33 bits per heavy atom. The van der Waals surface area contributed by atoms with Crippen molar-refractivity contribution < 1.29 is 37.1 Å². The molecule has 4 atom stereocenters. The number of hydrogen-bond acceptors (Lipinski definition) is 10. The highest BCUT2D eigenvalue weighted by molar-refractivity contribution is 7.90. The van der Waals surface area contributed by atoms with Crippen molar-refractivity contribution in [2.24, 2.45) is 5.92 Å². The third kappa shape index (κ3) is 8.56. The SMILES string of the molecule is C=C(C)[C@H](NC(=O)OC)C(=O)N1CC=C[C@H]1c1ncc(-c2ccc(-c3ccc(-c4cnc([C@@H]5CN(S(=O)(=O)C6CC6)CN5C(=O)[C@@H](NC(=O)OC)C(C)C)[nH]4)cc3)cc2)[nH]1. The number of ether oxygens (including phenoxy) is 2. The van der Waals surface area contributed by atoms with Crippen LogP contribution in [-0.4, -0.2) is 118 Å². The molecule has 2 aliphatic heterocycles. The predicted octanol–water partition coefficient (Wildman–Crippen LogP) is 4.89. The van der Waals surface area contributed by atoms with Crippen LogP contribution in [0, 0.1) is 5.92 Å². The van der Waals surface area contributed by atoms with Crippen molar-refractivity contribution in [3.8, 4) is 33.6 Å². The molecular weight excluding hydrogens is 791 g/mol. The number of methoxy groups -OCH3 is 2. The lowest BCUT2D eigenvalue weighted by atomic mass is 10.0. The molecule has 18 heteroatoms. The number of aromatic amines is 2. The van der Waals surface area contributed by atoms with E-state index in [1.807, 2.05) is 60.7 Å². The van der Waals surface area contributed by atoms with E-state index in [1.54, 1.807) is 38.1 Å². The molecule has 0 bridgehead atoms. The van der Waals surface area contributed by atoms with Crippen LogP contribution in [0.5, 0.6) is 0 Å². The first-order valence-electron chi connectivity index (χ1n) is 19.6. The lowest BCUT2D eigenvalue weighted by Crippen LogP contribution is -2.51. The van der Waals surface area contributed by atoms with Gasteiger partial charge in [-0.05, 0) is 53.5 Å². The van der Waals surface area contributed by atoms with Crippen LogP contribution in [0.25, 0.3) is 33.6 Å². The number of H-pyrrole nitrogens is 2. The highest BCUT2D eigenvalue weighted by atomic mass is 32.2. The molecule has 60 heavy (non-hydrogen) atoms. The molecule has 2 aromatic carbocycles. The minimum absolute atomic E-state index is 0.0389. The van der Waals surface area contributed by atoms with Gasteiger partial charge in [0.2, 0.25) is 15.9 Å². The van der Waals surface area contributed by atoms with Crippen LogP contribution in [0.3, 0.4) is 0 Å². The van der Waals surface area contributed by atoms with Crippen LogP contribution in [0.2, 0.25) is 0 Å². The molecule has 1 saturated carbocycles. The molecule has 0 spiro atoms. The summed E-state index contributed by atoms with van der Waals surface area (Å²) in [6.07, 6.45) is 6.86. The number of rotatable bonds is 13. The molecule has 316 valence electrons. The fourth-order valence-electron chi connectivity index (χ4n) is 7.41. The first-order chi connectivity index (χ1) is 28.7. The van der Waals surface area contributed by atoms with Gasteiger partial charge in [0.1, 0.15) is 35.8 Å². The van der Waals surface area contributed by atoms with Crippen LogP contribution in [0.4, 0.5) is 9.59 Å². The van der Waals surface area contributed by atoms with E-state index in [-0.39, 0.29) is 25.0 Å². The van der Waals surface area contributed by atoms with Gasteiger partial charge in [0.15, 0.2) is 0 Å². The summed E-state index contributed by atoms with van der Waals surface area (Å²) in [5.74, 6) is -0.0326. The summed E-state index contributed by atoms with van der Waals surface area (Å²) in [6.45, 7) is 9.38. The van der Waals surface area contributed by atoms with Crippen molar-refractivity contribution in [1.29, 1.82) is 0 Å². The van der Waals surface area contributed by atoms with Crippen molar-refractivity contribution in [3.05, 3.63) is 96.9 Å². The average molecular weight is 840 g/mol. The molecule has 4 amide bonds. The zero-order valence-corrected chi connectivity index (χ0v) is 34.9. The van der Waals surface area contributed by atoms with Gasteiger partial charge in [-0.1, -0.05) is 81.1 Å². The third-order valence-electron chi connectivity index (χ3n) is 11.0. The summed E-state index contributed by atoms with van der Waals surface area (Å²) in [6, 6.07) is 12.8. The van der Waals surface area contributed by atoms with E-state index in [1.165, 1.54) is 23.4 Å². The van der Waals surface area contributed by atoms with E-state index in [4.69, 9.17) is 9.47 Å². The van der Waals surface area contributed by atoms with E-state index in [0.29, 0.717) is 42.3 Å². The van der Waals surface area contributed by atoms with Gasteiger partial charge in [-0.15, -0.1) is 0 Å². The normalized spacial score (nSPS) is 19.0. The number of nitrogens with zero attached hydrogens (tertiary/aromatic N) is 5. The van der Waals surface area contributed by atoms with Crippen LogP contribution in [0.1, 0.15) is 57.3 Å². The van der Waals surface area contributed by atoms with E-state index < -0.39 is 57.5 Å². The summed E-state index contributed by atoms with van der Waals surface area (Å²) in [4.78, 5) is 70.4. The maximum absolute atomic E-state index is 14.0. The summed E-state index contributed by atoms with van der Waals surface area (Å²) in [5.41, 5.74) is 5.63. The van der Waals surface area contributed by atoms with Gasteiger partial charge in [-0.3, -0.25) is 9.59 Å². The monoisotopic (exact) mass is 839 g/mol. The minimum atomic E-state index is -3.61. The van der Waals surface area contributed by atoms with Crippen molar-refractivity contribution in [1.82, 2.24) is 44.7 Å². The molecule has 7 rings (SSSR count). The number of amides is 4. The zero-order chi connectivity index (χ0) is 42.9. The highest BCUT2D eigenvalue weighted by Crippen LogP contribution is 2.37. The van der Waals surface area contributed by atoms with Crippen molar-refractivity contribution in [3.63, 3.8) is 0 Å². The Labute approximate surface area is 348 Å². The average Bonchev–Trinajstić information content (AvgIpc) is 3.65. The Bertz CT molecular complexity index is 2400. The number of aromatic nitrogens is 4. The Morgan fingerprint density at radius 3 is 1.87 bits per heavy atom. The number of carbonyl (C=O) groups is 4. The lowest BCUT2D eigenvalue weighted by molar-refractivity contribution is -0.135. The Balaban J connectivity index is 1.04. The second-order valence-corrected chi connectivity index (χ2v) is 17.7. The van der Waals surface area contributed by atoms with Crippen molar-refractivity contribution >= 4 is 34.0 Å². The first kappa shape index (κ1) is 41.9. The number of sulfonamides is 1. The fourth-order valence-corrected chi connectivity index (χ4v) is 9.20. The second-order valence-electron chi connectivity index (χ2n) is 15.5. The number of imidazole rings is 2. The molecule has 0 radical (unpaired) electrons. The number of carbonyl (C=O) groups excluding carboxylic acids is 4. The van der Waals surface area contributed by atoms with E-state index in [9.17, 15) is 27.6 Å². The summed E-state index contributed by atoms with van der Waals surface area (Å²) < 4.78 is 37.4. The van der Waals surface area contributed by atoms with Gasteiger partial charge in [0.05, 0.1) is 49.9 Å². The van der Waals surface area contributed by atoms with Crippen LogP contribution >= 0.6 is 0 Å². The number of nitrogens with one attached hydrogen (secondary N) is 4. The van der Waals surface area contributed by atoms with Crippen LogP contribution in [0.15, 0.2) is 85.2 Å². The number of hydrogen-bond donors (Lipinski definition) is 4. The third-order valence-corrected chi connectivity index (χ3v) is 13.3. The zero-order valence-electron chi connectivity index (χ0n) is 34.0. The van der Waals surface area contributed by atoms with E-state index >= 15 is 0 Å². The molecule has 4 aromatic rings. The van der Waals surface area contributed by atoms with E-state index in [2.05, 4.69) is 37.1 Å². The summed E-state index contributed by atoms with van der Waals surface area (Å²) >= 11 is 0. The van der Waals surface area contributed by atoms with Crippen LogP contribution < -0.4 is 10.6 Å². The van der Waals surface area contributed by atoms with Gasteiger partial charge in [0, 0.05) is 13.1 Å². The Kier molecular flexibility index (Phi) is 12.0. The Hall–Kier alpha value is -6.27. The maximum atomic E-state index is 14.0. The lowest BCUT2D eigenvalue weighted by Gasteiger charge is -2.29. The smallest absolute Gasteiger partial charge is 0.407 e. The van der Waals surface area contributed by atoms with Gasteiger partial charge in [-0.2, -0.15) is 4.31 Å². The molecule has 4 heterocycles. The number of alkyl carbamates (subject to hydrolysis) is 2. The maximum Gasteiger partial charge on any atom is 0.407 e. The summed E-state index contributed by atoms with van der Waals surface area (Å²) in [5, 5.41) is 4.71. The second kappa shape index (κ2) is 17.1. The standard InChI is InChI=1S/C42H49N9O8S/c1-24(2)35(47-41(54)58-5)39(52)50-19-7-8-33(50)37-43-20-31(45-37)28-13-9-26(10-14-28)27-11-15-29(16-12-27)32-21-44-38(46-32)34-22-49(60(56,57)30-17-18-30)23-51(34)40(53)36(25(3)4)48-42(55)59-6/h7-16,20-21,25,30,33-36H,1,17-19,22-23H2,2-6H3,(H,43,45)(H,44,46)(H,47,54)(H,48,55)/t33-,34-,35-,36-/m0/s1. The molecule has 2 aromatic heterocycles. The highest BCUT2D eigenvalue weighted by Gasteiger charge is 2.48. The molecule has 4 N–H and O–H groups in total. The van der Waals surface area contributed by atoms with Crippen molar-refractivity contribution in [2.45, 2.75) is 63.0 Å². The molecular formula is C42H49N9O8S. The minimum Gasteiger partial charge on any atom is -0.453 e. The Morgan fingerprint density at radius 1 is 0.800 bits per heavy atom. The van der Waals surface area contributed by atoms with Crippen molar-refractivity contribution in [2.75, 3.05) is 34.0 Å². The number of benzene rings is 2. The predicted molar refractivity (Wildman–Crippen MR) is 222 cm³/mol. The molecule has 3 aliphatic rings. The van der Waals surface area contributed by atoms with Crippen LogP contribution in [-0.2, 0) is 29.1 Å². The topological polar surface area (TPSA) is 212 Å². The molecule has 0 unspecified atom stereocenters. The molecule has 2 fully saturated rings. The molecule has 17 nitrogen and oxygen atoms in total. The quantitative estimate of drug-likeness (QED) is 0.134. The van der Waals surface area contributed by atoms with E-state index in [0.717, 1.165) is 27.9 Å². The van der Waals surface area contributed by atoms with Gasteiger partial charge < -0.3 is 39.9 Å². The first-order valence-corrected chi connectivity index (χ1v) is 21.1. The summed E-state index contributed by atoms with van der Waals surface area (Å²) in [7, 11) is -1.15.